The molecule has 244 valence electrons. The molecule has 3 aromatic carbocycles. The lowest BCUT2D eigenvalue weighted by Gasteiger charge is -2.37. The SMILES string of the molecule is C=C(N)c1ccc2c(c1)CCc1cc(C(N)=O)ccc1C2(C[C@H](C)NCC(=O)N1C(C#N)C[C@@H]2CC21)c1nnc(-c2ccc(C)cc2)[nH]1. The number of nitrogens with zero attached hydrogens (tertiary/aromatic N) is 4. The third kappa shape index (κ3) is 5.44. The van der Waals surface area contributed by atoms with Crippen LogP contribution < -0.4 is 16.8 Å². The lowest BCUT2D eigenvalue weighted by molar-refractivity contribution is -0.131. The summed E-state index contributed by atoms with van der Waals surface area (Å²) in [5.74, 6) is 1.21. The fourth-order valence-corrected chi connectivity index (χ4v) is 7.88. The highest BCUT2D eigenvalue weighted by molar-refractivity contribution is 5.93. The van der Waals surface area contributed by atoms with E-state index in [1.807, 2.05) is 49.4 Å². The van der Waals surface area contributed by atoms with Gasteiger partial charge in [0.15, 0.2) is 5.82 Å². The van der Waals surface area contributed by atoms with Crippen molar-refractivity contribution in [3.05, 3.63) is 112 Å². The Bertz CT molecular complexity index is 1910. The van der Waals surface area contributed by atoms with Crippen LogP contribution in [0.15, 0.2) is 67.2 Å². The fraction of sp³-hybridized carbons (Fsp3) is 0.342. The Morgan fingerprint density at radius 3 is 2.35 bits per heavy atom. The summed E-state index contributed by atoms with van der Waals surface area (Å²) in [6.45, 7) is 8.21. The number of aromatic amines is 1. The Morgan fingerprint density at radius 2 is 1.71 bits per heavy atom. The van der Waals surface area contributed by atoms with Crippen LogP contribution in [-0.2, 0) is 23.1 Å². The van der Waals surface area contributed by atoms with Crippen molar-refractivity contribution < 1.29 is 9.59 Å². The average Bonchev–Trinajstić information content (AvgIpc) is 3.51. The topological polar surface area (TPSA) is 167 Å². The van der Waals surface area contributed by atoms with Gasteiger partial charge in [-0.2, -0.15) is 5.26 Å². The molecule has 10 heteroatoms. The fourth-order valence-electron chi connectivity index (χ4n) is 7.88. The Labute approximate surface area is 280 Å². The number of carbonyl (C=O) groups excluding carboxylic acids is 2. The summed E-state index contributed by atoms with van der Waals surface area (Å²) in [6, 6.07) is 21.9. The number of nitriles is 1. The second kappa shape index (κ2) is 12.1. The summed E-state index contributed by atoms with van der Waals surface area (Å²) < 4.78 is 0. The van der Waals surface area contributed by atoms with E-state index in [0.717, 1.165) is 51.8 Å². The molecule has 7 rings (SSSR count). The van der Waals surface area contributed by atoms with Crippen LogP contribution in [0.4, 0.5) is 0 Å². The van der Waals surface area contributed by atoms with Gasteiger partial charge in [-0.15, -0.1) is 10.2 Å². The Morgan fingerprint density at radius 1 is 1.04 bits per heavy atom. The van der Waals surface area contributed by atoms with Gasteiger partial charge in [-0.3, -0.25) is 9.59 Å². The molecular weight excluding hydrogens is 600 g/mol. The van der Waals surface area contributed by atoms with Crippen molar-refractivity contribution in [2.45, 2.75) is 69.5 Å². The number of fused-ring (bicyclic) bond motifs is 3. The predicted molar refractivity (Wildman–Crippen MR) is 183 cm³/mol. The number of H-pyrrole nitrogens is 1. The van der Waals surface area contributed by atoms with Crippen molar-refractivity contribution in [2.24, 2.45) is 17.4 Å². The van der Waals surface area contributed by atoms with Gasteiger partial charge in [0.05, 0.1) is 18.0 Å². The normalized spacial score (nSPS) is 22.9. The minimum absolute atomic E-state index is 0.0485. The molecule has 2 aliphatic carbocycles. The first-order valence-electron chi connectivity index (χ1n) is 16.5. The zero-order valence-electron chi connectivity index (χ0n) is 27.3. The smallest absolute Gasteiger partial charge is 0.248 e. The van der Waals surface area contributed by atoms with Crippen molar-refractivity contribution in [3.63, 3.8) is 0 Å². The number of primary amides is 1. The van der Waals surface area contributed by atoms with E-state index in [2.05, 4.69) is 47.1 Å². The molecule has 10 nitrogen and oxygen atoms in total. The van der Waals surface area contributed by atoms with Gasteiger partial charge in [-0.05, 0) is 97.9 Å². The standard InChI is InChI=1S/C38H40N8O2/c1-21-4-6-24(7-5-21)36-43-37(45-44-36)38(18-22(2)42-20-34(47)46-30(19-39)16-29-17-33(29)46)31-12-10-25(23(3)40)14-26(31)8-9-27-15-28(35(41)48)11-13-32(27)38/h4-7,10-15,22,29-30,33,42H,3,8-9,16-18,20,40H2,1-2H3,(H2,41,48)(H,43,44,45)/t22-,29+,30?,33?,38?/m0/s1. The van der Waals surface area contributed by atoms with E-state index in [-0.39, 0.29) is 30.6 Å². The predicted octanol–water partition coefficient (Wildman–Crippen LogP) is 4.12. The summed E-state index contributed by atoms with van der Waals surface area (Å²) in [4.78, 5) is 31.2. The monoisotopic (exact) mass is 640 g/mol. The second-order valence-electron chi connectivity index (χ2n) is 13.7. The Hall–Kier alpha value is -5.27. The van der Waals surface area contributed by atoms with Gasteiger partial charge in [0.1, 0.15) is 11.9 Å². The maximum absolute atomic E-state index is 13.5. The van der Waals surface area contributed by atoms with Gasteiger partial charge in [-0.1, -0.05) is 54.6 Å². The summed E-state index contributed by atoms with van der Waals surface area (Å²) in [5.41, 5.74) is 19.0. The van der Waals surface area contributed by atoms with Crippen LogP contribution >= 0.6 is 0 Å². The first-order valence-corrected chi connectivity index (χ1v) is 16.5. The maximum Gasteiger partial charge on any atom is 0.248 e. The lowest BCUT2D eigenvalue weighted by Crippen LogP contribution is -2.46. The van der Waals surface area contributed by atoms with Gasteiger partial charge < -0.3 is 26.7 Å². The van der Waals surface area contributed by atoms with Crippen LogP contribution in [0.1, 0.15) is 75.7 Å². The average molecular weight is 641 g/mol. The largest absolute Gasteiger partial charge is 0.399 e. The van der Waals surface area contributed by atoms with Crippen molar-refractivity contribution >= 4 is 17.5 Å². The van der Waals surface area contributed by atoms with Crippen molar-refractivity contribution in [1.29, 1.82) is 5.26 Å². The number of benzene rings is 3. The molecule has 1 aliphatic heterocycles. The van der Waals surface area contributed by atoms with Crippen molar-refractivity contribution in [3.8, 4) is 17.5 Å². The Balaban J connectivity index is 1.34. The number of aromatic nitrogens is 3. The highest BCUT2D eigenvalue weighted by Crippen LogP contribution is 2.49. The molecule has 2 heterocycles. The number of piperidine rings is 1. The van der Waals surface area contributed by atoms with Crippen LogP contribution in [0.3, 0.4) is 0 Å². The molecule has 6 N–H and O–H groups in total. The summed E-state index contributed by atoms with van der Waals surface area (Å²) in [5, 5.41) is 22.7. The number of carbonyl (C=O) groups is 2. The molecule has 0 spiro atoms. The highest BCUT2D eigenvalue weighted by atomic mass is 16.2. The molecule has 0 radical (unpaired) electrons. The van der Waals surface area contributed by atoms with Crippen molar-refractivity contribution in [2.75, 3.05) is 6.54 Å². The van der Waals surface area contributed by atoms with Gasteiger partial charge in [0, 0.05) is 28.9 Å². The number of hydrogen-bond acceptors (Lipinski definition) is 7. The third-order valence-electron chi connectivity index (χ3n) is 10.4. The van der Waals surface area contributed by atoms with E-state index < -0.39 is 11.3 Å². The third-order valence-corrected chi connectivity index (χ3v) is 10.4. The number of amides is 2. The van der Waals surface area contributed by atoms with E-state index >= 15 is 0 Å². The van der Waals surface area contributed by atoms with Gasteiger partial charge >= 0.3 is 0 Å². The lowest BCUT2D eigenvalue weighted by atomic mass is 9.67. The molecule has 1 aromatic heterocycles. The highest BCUT2D eigenvalue weighted by Gasteiger charge is 2.54. The molecule has 2 fully saturated rings. The van der Waals surface area contributed by atoms with Crippen LogP contribution in [0.2, 0.25) is 0 Å². The zero-order chi connectivity index (χ0) is 33.7. The minimum atomic E-state index is -0.859. The summed E-state index contributed by atoms with van der Waals surface area (Å²) in [6.07, 6.45) is 3.61. The summed E-state index contributed by atoms with van der Waals surface area (Å²) in [7, 11) is 0. The van der Waals surface area contributed by atoms with Gasteiger partial charge in [0.2, 0.25) is 11.8 Å². The van der Waals surface area contributed by atoms with Gasteiger partial charge in [-0.25, -0.2) is 0 Å². The number of nitrogens with one attached hydrogen (secondary N) is 2. The zero-order valence-corrected chi connectivity index (χ0v) is 27.3. The molecule has 5 atom stereocenters. The van der Waals surface area contributed by atoms with Crippen LogP contribution in [0, 0.1) is 24.2 Å². The Kier molecular flexibility index (Phi) is 7.88. The number of aryl methyl sites for hydroxylation is 3. The molecule has 2 amide bonds. The number of hydrogen-bond donors (Lipinski definition) is 4. The van der Waals surface area contributed by atoms with Gasteiger partial charge in [0.25, 0.3) is 0 Å². The quantitative estimate of drug-likeness (QED) is 0.213. The van der Waals surface area contributed by atoms with Crippen LogP contribution in [-0.4, -0.2) is 56.6 Å². The molecule has 4 aromatic rings. The number of likely N-dealkylation sites (tertiary alicyclic amines) is 1. The van der Waals surface area contributed by atoms with E-state index in [9.17, 15) is 14.9 Å². The first kappa shape index (κ1) is 31.3. The first-order chi connectivity index (χ1) is 23.1. The molecule has 0 bridgehead atoms. The maximum atomic E-state index is 13.5. The minimum Gasteiger partial charge on any atom is -0.399 e. The van der Waals surface area contributed by atoms with Crippen LogP contribution in [0.25, 0.3) is 17.1 Å². The van der Waals surface area contributed by atoms with E-state index in [1.165, 1.54) is 0 Å². The van der Waals surface area contributed by atoms with E-state index in [4.69, 9.17) is 16.6 Å². The molecule has 1 saturated carbocycles. The van der Waals surface area contributed by atoms with Crippen molar-refractivity contribution in [1.82, 2.24) is 25.4 Å². The molecule has 48 heavy (non-hydrogen) atoms. The van der Waals surface area contributed by atoms with Crippen LogP contribution in [0.5, 0.6) is 0 Å². The molecule has 1 saturated heterocycles. The summed E-state index contributed by atoms with van der Waals surface area (Å²) >= 11 is 0. The molecule has 3 unspecified atom stereocenters. The number of rotatable bonds is 9. The number of nitrogens with two attached hydrogens (primary N) is 2. The molecular formula is C38H40N8O2. The van der Waals surface area contributed by atoms with E-state index in [0.29, 0.717) is 48.1 Å². The second-order valence-corrected chi connectivity index (χ2v) is 13.7. The van der Waals surface area contributed by atoms with E-state index in [1.54, 1.807) is 11.0 Å². The molecule has 3 aliphatic rings.